The van der Waals surface area contributed by atoms with E-state index in [1.165, 1.54) is 37.8 Å². The third kappa shape index (κ3) is 2.40. The Kier molecular flexibility index (Phi) is 3.47. The van der Waals surface area contributed by atoms with Crippen molar-refractivity contribution in [2.75, 3.05) is 13.1 Å². The van der Waals surface area contributed by atoms with E-state index in [-0.39, 0.29) is 5.56 Å². The standard InChI is InChI=1S/C19H25N3OS/c23-18-3-1-2-17-15-7-13(10-22(17)18)9-21(11-15)19(24)20-16-8-12-4-5-14(16)6-12/h1-3,12-16H,4-11H2,(H,20,24)/t12-,13-,14-,15-,16-/m0/s1. The predicted octanol–water partition coefficient (Wildman–Crippen LogP) is 2.33. The summed E-state index contributed by atoms with van der Waals surface area (Å²) in [6, 6.07) is 6.31. The van der Waals surface area contributed by atoms with Gasteiger partial charge in [-0.25, -0.2) is 0 Å². The number of likely N-dealkylation sites (tertiary alicyclic amines) is 1. The van der Waals surface area contributed by atoms with E-state index < -0.39 is 0 Å². The van der Waals surface area contributed by atoms with E-state index in [0.29, 0.717) is 17.9 Å². The minimum absolute atomic E-state index is 0.151. The molecule has 0 aromatic carbocycles. The van der Waals surface area contributed by atoms with Gasteiger partial charge in [0.1, 0.15) is 0 Å². The molecule has 4 nitrogen and oxygen atoms in total. The summed E-state index contributed by atoms with van der Waals surface area (Å²) in [6.07, 6.45) is 6.71. The number of piperidine rings is 1. The summed E-state index contributed by atoms with van der Waals surface area (Å²) >= 11 is 5.77. The molecule has 3 fully saturated rings. The van der Waals surface area contributed by atoms with Crippen molar-refractivity contribution in [3.63, 3.8) is 0 Å². The third-order valence-corrected chi connectivity index (χ3v) is 7.19. The van der Waals surface area contributed by atoms with Crippen LogP contribution in [0.5, 0.6) is 0 Å². The van der Waals surface area contributed by atoms with Crippen LogP contribution in [0.15, 0.2) is 23.0 Å². The summed E-state index contributed by atoms with van der Waals surface area (Å²) in [4.78, 5) is 14.5. The van der Waals surface area contributed by atoms with Crippen LogP contribution in [0.1, 0.15) is 43.7 Å². The van der Waals surface area contributed by atoms with Crippen molar-refractivity contribution >= 4 is 17.3 Å². The molecule has 2 aliphatic carbocycles. The van der Waals surface area contributed by atoms with Crippen LogP contribution in [0.25, 0.3) is 0 Å². The Morgan fingerprint density at radius 2 is 2.00 bits per heavy atom. The largest absolute Gasteiger partial charge is 0.360 e. The second-order valence-corrected chi connectivity index (χ2v) is 8.72. The van der Waals surface area contributed by atoms with Gasteiger partial charge in [0.25, 0.3) is 5.56 Å². The summed E-state index contributed by atoms with van der Waals surface area (Å²) in [5.41, 5.74) is 1.35. The maximum Gasteiger partial charge on any atom is 0.250 e. The Labute approximate surface area is 148 Å². The SMILES string of the molecule is O=c1cccc2n1C[C@H]1C[C@H]2CN(C(=S)N[C@H]2C[C@H]3CC[C@H]2C3)C1. The average Bonchev–Trinajstić information content (AvgIpc) is 3.18. The lowest BCUT2D eigenvalue weighted by atomic mass is 9.83. The summed E-state index contributed by atoms with van der Waals surface area (Å²) in [7, 11) is 0. The first-order chi connectivity index (χ1) is 11.7. The molecule has 0 amide bonds. The molecular formula is C19H25N3OS. The zero-order valence-electron chi connectivity index (χ0n) is 14.0. The number of fused-ring (bicyclic) bond motifs is 6. The summed E-state index contributed by atoms with van der Waals surface area (Å²) in [5.74, 6) is 2.76. The highest BCUT2D eigenvalue weighted by atomic mass is 32.1. The van der Waals surface area contributed by atoms with Gasteiger partial charge in [0.15, 0.2) is 5.11 Å². The molecule has 4 bridgehead atoms. The van der Waals surface area contributed by atoms with E-state index in [1.807, 2.05) is 10.6 Å². The molecule has 2 saturated carbocycles. The summed E-state index contributed by atoms with van der Waals surface area (Å²) < 4.78 is 1.99. The number of hydrogen-bond acceptors (Lipinski definition) is 2. The zero-order valence-corrected chi connectivity index (χ0v) is 14.8. The van der Waals surface area contributed by atoms with E-state index in [4.69, 9.17) is 12.2 Å². The fourth-order valence-corrected chi connectivity index (χ4v) is 6.03. The molecule has 24 heavy (non-hydrogen) atoms. The number of hydrogen-bond donors (Lipinski definition) is 1. The van der Waals surface area contributed by atoms with Crippen LogP contribution in [0, 0.1) is 17.8 Å². The Balaban J connectivity index is 1.31. The van der Waals surface area contributed by atoms with Crippen molar-refractivity contribution in [1.82, 2.24) is 14.8 Å². The molecule has 1 aromatic rings. The normalized spacial score (nSPS) is 36.5. The van der Waals surface area contributed by atoms with Gasteiger partial charge in [-0.2, -0.15) is 0 Å². The monoisotopic (exact) mass is 343 g/mol. The lowest BCUT2D eigenvalue weighted by Crippen LogP contribution is -2.54. The van der Waals surface area contributed by atoms with Gasteiger partial charge in [0, 0.05) is 43.4 Å². The summed E-state index contributed by atoms with van der Waals surface area (Å²) in [5, 5.41) is 4.65. The second-order valence-electron chi connectivity index (χ2n) is 8.33. The predicted molar refractivity (Wildman–Crippen MR) is 98.1 cm³/mol. The van der Waals surface area contributed by atoms with Gasteiger partial charge in [0.2, 0.25) is 0 Å². The van der Waals surface area contributed by atoms with Gasteiger partial charge in [-0.15, -0.1) is 0 Å². The van der Waals surface area contributed by atoms with Crippen molar-refractivity contribution < 1.29 is 0 Å². The van der Waals surface area contributed by atoms with Crippen LogP contribution in [0.3, 0.4) is 0 Å². The van der Waals surface area contributed by atoms with Crippen LogP contribution in [-0.4, -0.2) is 33.7 Å². The lowest BCUT2D eigenvalue weighted by molar-refractivity contribution is 0.175. The number of rotatable bonds is 1. The van der Waals surface area contributed by atoms with Crippen LogP contribution in [0.2, 0.25) is 0 Å². The number of aromatic nitrogens is 1. The number of pyridine rings is 1. The highest BCUT2D eigenvalue weighted by Gasteiger charge is 2.41. The smallest absolute Gasteiger partial charge is 0.250 e. The minimum Gasteiger partial charge on any atom is -0.360 e. The van der Waals surface area contributed by atoms with Gasteiger partial charge in [-0.05, 0) is 61.7 Å². The van der Waals surface area contributed by atoms with E-state index in [2.05, 4.69) is 16.3 Å². The van der Waals surface area contributed by atoms with E-state index in [1.54, 1.807) is 6.07 Å². The zero-order chi connectivity index (χ0) is 16.3. The Morgan fingerprint density at radius 1 is 1.08 bits per heavy atom. The minimum atomic E-state index is 0.151. The highest BCUT2D eigenvalue weighted by Crippen LogP contribution is 2.44. The second kappa shape index (κ2) is 5.58. The average molecular weight is 343 g/mol. The Morgan fingerprint density at radius 3 is 2.79 bits per heavy atom. The van der Waals surface area contributed by atoms with Gasteiger partial charge in [-0.1, -0.05) is 12.5 Å². The Bertz CT molecular complexity index is 730. The van der Waals surface area contributed by atoms with Gasteiger partial charge in [0.05, 0.1) is 0 Å². The number of nitrogens with zero attached hydrogens (tertiary/aromatic N) is 2. The van der Waals surface area contributed by atoms with Gasteiger partial charge in [-0.3, -0.25) is 4.79 Å². The molecule has 0 spiro atoms. The van der Waals surface area contributed by atoms with Crippen LogP contribution in [-0.2, 0) is 6.54 Å². The van der Waals surface area contributed by atoms with E-state index in [0.717, 1.165) is 36.6 Å². The molecule has 0 unspecified atom stereocenters. The fraction of sp³-hybridized carbons (Fsp3) is 0.684. The maximum atomic E-state index is 12.1. The van der Waals surface area contributed by atoms with E-state index >= 15 is 0 Å². The Hall–Kier alpha value is -1.36. The molecule has 4 aliphatic rings. The van der Waals surface area contributed by atoms with Crippen molar-refractivity contribution in [3.05, 3.63) is 34.2 Å². The van der Waals surface area contributed by atoms with E-state index in [9.17, 15) is 4.79 Å². The molecule has 128 valence electrons. The van der Waals surface area contributed by atoms with Gasteiger partial charge < -0.3 is 14.8 Å². The van der Waals surface area contributed by atoms with Crippen molar-refractivity contribution in [3.8, 4) is 0 Å². The van der Waals surface area contributed by atoms with Crippen LogP contribution in [0.4, 0.5) is 0 Å². The first kappa shape index (κ1) is 14.9. The lowest BCUT2D eigenvalue weighted by Gasteiger charge is -2.44. The molecular weight excluding hydrogens is 318 g/mol. The fourth-order valence-electron chi connectivity index (χ4n) is 5.73. The molecule has 1 saturated heterocycles. The summed E-state index contributed by atoms with van der Waals surface area (Å²) in [6.45, 7) is 2.79. The van der Waals surface area contributed by atoms with Crippen molar-refractivity contribution in [2.45, 2.75) is 50.6 Å². The first-order valence-corrected chi connectivity index (χ1v) is 9.83. The number of thiocarbonyl (C=S) groups is 1. The van der Waals surface area contributed by atoms with Crippen molar-refractivity contribution in [1.29, 1.82) is 0 Å². The quantitative estimate of drug-likeness (QED) is 0.794. The van der Waals surface area contributed by atoms with Crippen LogP contribution >= 0.6 is 12.2 Å². The molecule has 1 aromatic heterocycles. The molecule has 2 aliphatic heterocycles. The third-order valence-electron chi connectivity index (χ3n) is 6.81. The maximum absolute atomic E-state index is 12.1. The first-order valence-electron chi connectivity index (χ1n) is 9.42. The highest BCUT2D eigenvalue weighted by molar-refractivity contribution is 7.80. The number of nitrogens with one attached hydrogen (secondary N) is 1. The molecule has 3 heterocycles. The molecule has 1 N–H and O–H groups in total. The van der Waals surface area contributed by atoms with Crippen LogP contribution < -0.4 is 10.9 Å². The van der Waals surface area contributed by atoms with Crippen molar-refractivity contribution in [2.24, 2.45) is 17.8 Å². The van der Waals surface area contributed by atoms with Gasteiger partial charge >= 0.3 is 0 Å². The molecule has 5 rings (SSSR count). The molecule has 0 radical (unpaired) electrons. The molecule has 5 heteroatoms. The molecule has 5 atom stereocenters. The topological polar surface area (TPSA) is 37.3 Å².